The number of allylic oxidation sites excluding steroid dienone is 2. The normalized spacial score (nSPS) is 41.3. The van der Waals surface area contributed by atoms with Gasteiger partial charge in [-0.2, -0.15) is 0 Å². The van der Waals surface area contributed by atoms with Gasteiger partial charge in [-0.15, -0.1) is 0 Å². The summed E-state index contributed by atoms with van der Waals surface area (Å²) in [6.07, 6.45) is 10.3. The van der Waals surface area contributed by atoms with Crippen LogP contribution in [-0.2, 0) is 4.79 Å². The molecule has 2 rings (SSSR count). The van der Waals surface area contributed by atoms with Crippen LogP contribution >= 0.6 is 0 Å². The van der Waals surface area contributed by atoms with Gasteiger partial charge in [0.2, 0.25) is 0 Å². The van der Waals surface area contributed by atoms with Crippen molar-refractivity contribution >= 4 is 6.29 Å². The van der Waals surface area contributed by atoms with Crippen molar-refractivity contribution in [3.05, 3.63) is 12.2 Å². The second kappa shape index (κ2) is 3.65. The van der Waals surface area contributed by atoms with Gasteiger partial charge in [-0.1, -0.05) is 19.1 Å². The zero-order valence-electron chi connectivity index (χ0n) is 8.28. The van der Waals surface area contributed by atoms with Crippen molar-refractivity contribution in [1.29, 1.82) is 0 Å². The van der Waals surface area contributed by atoms with E-state index in [-0.39, 0.29) is 0 Å². The largest absolute Gasteiger partial charge is 0.303 e. The van der Waals surface area contributed by atoms with Gasteiger partial charge in [0.05, 0.1) is 0 Å². The van der Waals surface area contributed by atoms with Gasteiger partial charge in [-0.25, -0.2) is 0 Å². The van der Waals surface area contributed by atoms with Crippen molar-refractivity contribution in [3.8, 4) is 0 Å². The first kappa shape index (κ1) is 8.98. The minimum absolute atomic E-state index is 0.754. The third kappa shape index (κ3) is 1.56. The van der Waals surface area contributed by atoms with Crippen molar-refractivity contribution in [1.82, 2.24) is 0 Å². The predicted molar refractivity (Wildman–Crippen MR) is 53.3 cm³/mol. The molecule has 1 heteroatoms. The molecule has 0 saturated heterocycles. The van der Waals surface area contributed by atoms with E-state index in [9.17, 15) is 4.79 Å². The van der Waals surface area contributed by atoms with Gasteiger partial charge in [0.15, 0.2) is 0 Å². The molecular formula is C12H18O. The van der Waals surface area contributed by atoms with Crippen LogP contribution in [-0.4, -0.2) is 6.29 Å². The van der Waals surface area contributed by atoms with Crippen molar-refractivity contribution in [2.75, 3.05) is 0 Å². The Hall–Kier alpha value is -0.590. The van der Waals surface area contributed by atoms with Crippen LogP contribution in [0.3, 0.4) is 0 Å². The highest BCUT2D eigenvalue weighted by atomic mass is 16.1. The van der Waals surface area contributed by atoms with Crippen LogP contribution in [0.15, 0.2) is 12.2 Å². The van der Waals surface area contributed by atoms with Crippen LogP contribution in [0.4, 0.5) is 0 Å². The molecule has 1 nitrogen and oxygen atoms in total. The van der Waals surface area contributed by atoms with E-state index < -0.39 is 0 Å². The Balaban J connectivity index is 1.86. The van der Waals surface area contributed by atoms with Crippen LogP contribution < -0.4 is 0 Å². The lowest BCUT2D eigenvalue weighted by molar-refractivity contribution is -0.108. The molecule has 1 fully saturated rings. The Kier molecular flexibility index (Phi) is 2.52. The molecule has 2 bridgehead atoms. The molecule has 4 unspecified atom stereocenters. The van der Waals surface area contributed by atoms with Gasteiger partial charge < -0.3 is 4.79 Å². The number of rotatable bonds is 4. The summed E-state index contributed by atoms with van der Waals surface area (Å²) in [5, 5.41) is 0. The molecule has 4 atom stereocenters. The summed E-state index contributed by atoms with van der Waals surface area (Å²) < 4.78 is 0. The van der Waals surface area contributed by atoms with E-state index >= 15 is 0 Å². The SMILES string of the molecule is CC1C2C=CC(C2)C1CCCC=O. The monoisotopic (exact) mass is 178 g/mol. The molecule has 2 aliphatic carbocycles. The fourth-order valence-electron chi connectivity index (χ4n) is 3.09. The second-order valence-corrected chi connectivity index (χ2v) is 4.57. The minimum atomic E-state index is 0.754. The average molecular weight is 178 g/mol. The Labute approximate surface area is 80.2 Å². The summed E-state index contributed by atoms with van der Waals surface area (Å²) >= 11 is 0. The number of carbonyl (C=O) groups is 1. The summed E-state index contributed by atoms with van der Waals surface area (Å²) in [5.41, 5.74) is 0. The Bertz CT molecular complexity index is 219. The van der Waals surface area contributed by atoms with E-state index in [1.165, 1.54) is 12.8 Å². The van der Waals surface area contributed by atoms with Gasteiger partial charge in [0, 0.05) is 6.42 Å². The average Bonchev–Trinajstić information content (AvgIpc) is 2.69. The lowest BCUT2D eigenvalue weighted by Gasteiger charge is -2.24. The molecule has 0 aromatic heterocycles. The first-order valence-corrected chi connectivity index (χ1v) is 5.45. The maximum absolute atomic E-state index is 10.2. The van der Waals surface area contributed by atoms with E-state index in [1.807, 2.05) is 0 Å². The molecule has 1 saturated carbocycles. The van der Waals surface area contributed by atoms with Gasteiger partial charge >= 0.3 is 0 Å². The Morgan fingerprint density at radius 3 is 2.77 bits per heavy atom. The van der Waals surface area contributed by atoms with Gasteiger partial charge in [-0.3, -0.25) is 0 Å². The molecule has 72 valence electrons. The molecule has 2 aliphatic rings. The van der Waals surface area contributed by atoms with Crippen LogP contribution in [0.1, 0.15) is 32.6 Å². The Morgan fingerprint density at radius 1 is 1.38 bits per heavy atom. The highest BCUT2D eigenvalue weighted by Gasteiger charge is 2.40. The van der Waals surface area contributed by atoms with Gasteiger partial charge in [0.25, 0.3) is 0 Å². The molecule has 0 amide bonds. The first-order valence-electron chi connectivity index (χ1n) is 5.45. The van der Waals surface area contributed by atoms with E-state index in [1.54, 1.807) is 0 Å². The van der Waals surface area contributed by atoms with E-state index in [2.05, 4.69) is 19.1 Å². The number of carbonyl (C=O) groups excluding carboxylic acids is 1. The van der Waals surface area contributed by atoms with Gasteiger partial charge in [0.1, 0.15) is 6.29 Å². The fraction of sp³-hybridized carbons (Fsp3) is 0.750. The van der Waals surface area contributed by atoms with Crippen LogP contribution in [0.25, 0.3) is 0 Å². The molecule has 0 aromatic carbocycles. The standard InChI is InChI=1S/C12H18O/c1-9-10-5-6-11(8-10)12(9)4-2-3-7-13/h5-7,9-12H,2-4,8H2,1H3. The summed E-state index contributed by atoms with van der Waals surface area (Å²) in [6.45, 7) is 2.37. The number of unbranched alkanes of at least 4 members (excludes halogenated alkanes) is 1. The van der Waals surface area contributed by atoms with Crippen molar-refractivity contribution in [3.63, 3.8) is 0 Å². The molecule has 0 aromatic rings. The summed E-state index contributed by atoms with van der Waals surface area (Å²) in [4.78, 5) is 10.2. The lowest BCUT2D eigenvalue weighted by Crippen LogP contribution is -2.16. The molecule has 13 heavy (non-hydrogen) atoms. The summed E-state index contributed by atoms with van der Waals surface area (Å²) in [6, 6.07) is 0. The molecular weight excluding hydrogens is 160 g/mol. The highest BCUT2D eigenvalue weighted by Crippen LogP contribution is 2.49. The summed E-state index contributed by atoms with van der Waals surface area (Å²) in [5.74, 6) is 3.43. The van der Waals surface area contributed by atoms with Crippen molar-refractivity contribution < 1.29 is 4.79 Å². The third-order valence-electron chi connectivity index (χ3n) is 3.91. The third-order valence-corrected chi connectivity index (χ3v) is 3.91. The van der Waals surface area contributed by atoms with Crippen LogP contribution in [0, 0.1) is 23.7 Å². The Morgan fingerprint density at radius 2 is 2.15 bits per heavy atom. The topological polar surface area (TPSA) is 17.1 Å². The zero-order valence-corrected chi connectivity index (χ0v) is 8.28. The van der Waals surface area contributed by atoms with Crippen molar-refractivity contribution in [2.45, 2.75) is 32.6 Å². The van der Waals surface area contributed by atoms with Gasteiger partial charge in [-0.05, 0) is 42.9 Å². The fourth-order valence-corrected chi connectivity index (χ4v) is 3.09. The molecule has 0 N–H and O–H groups in total. The number of fused-ring (bicyclic) bond motifs is 2. The minimum Gasteiger partial charge on any atom is -0.303 e. The second-order valence-electron chi connectivity index (χ2n) is 4.57. The molecule has 0 radical (unpaired) electrons. The predicted octanol–water partition coefficient (Wildman–Crippen LogP) is 2.81. The zero-order chi connectivity index (χ0) is 9.26. The van der Waals surface area contributed by atoms with Crippen LogP contribution in [0.5, 0.6) is 0 Å². The van der Waals surface area contributed by atoms with E-state index in [0.29, 0.717) is 0 Å². The maximum atomic E-state index is 10.2. The van der Waals surface area contributed by atoms with E-state index in [0.717, 1.165) is 42.8 Å². The van der Waals surface area contributed by atoms with E-state index in [4.69, 9.17) is 0 Å². The number of hydrogen-bond acceptors (Lipinski definition) is 1. The lowest BCUT2D eigenvalue weighted by atomic mass is 9.81. The molecule has 0 aliphatic heterocycles. The highest BCUT2D eigenvalue weighted by molar-refractivity contribution is 5.48. The number of aldehydes is 1. The van der Waals surface area contributed by atoms with Crippen molar-refractivity contribution in [2.24, 2.45) is 23.7 Å². The molecule has 0 spiro atoms. The maximum Gasteiger partial charge on any atom is 0.119 e. The number of hydrogen-bond donors (Lipinski definition) is 0. The van der Waals surface area contributed by atoms with Crippen LogP contribution in [0.2, 0.25) is 0 Å². The quantitative estimate of drug-likeness (QED) is 0.367. The molecule has 0 heterocycles. The summed E-state index contributed by atoms with van der Waals surface area (Å²) in [7, 11) is 0. The smallest absolute Gasteiger partial charge is 0.119 e. The first-order chi connectivity index (χ1) is 6.33.